The van der Waals surface area contributed by atoms with Gasteiger partial charge < -0.3 is 10.1 Å². The summed E-state index contributed by atoms with van der Waals surface area (Å²) in [5, 5.41) is 4.91. The molecule has 8 heteroatoms. The maximum Gasteiger partial charge on any atom is 0.311 e. The summed E-state index contributed by atoms with van der Waals surface area (Å²) in [5.74, 6) is 0.0825. The first-order valence-electron chi connectivity index (χ1n) is 7.42. The summed E-state index contributed by atoms with van der Waals surface area (Å²) in [5.41, 5.74) is 0.576. The van der Waals surface area contributed by atoms with Crippen LogP contribution >= 0.6 is 11.3 Å². The molecule has 0 fully saturated rings. The second-order valence-corrected chi connectivity index (χ2v) is 7.77. The van der Waals surface area contributed by atoms with Crippen LogP contribution in [-0.4, -0.2) is 33.4 Å². The van der Waals surface area contributed by atoms with E-state index in [0.29, 0.717) is 24.4 Å². The van der Waals surface area contributed by atoms with Gasteiger partial charge in [-0.25, -0.2) is 0 Å². The van der Waals surface area contributed by atoms with E-state index < -0.39 is 10.0 Å². The smallest absolute Gasteiger partial charge is 0.311 e. The van der Waals surface area contributed by atoms with Crippen LogP contribution < -0.4 is 5.32 Å². The van der Waals surface area contributed by atoms with Crippen LogP contribution in [0.15, 0.2) is 51.1 Å². The van der Waals surface area contributed by atoms with Crippen LogP contribution in [0.1, 0.15) is 16.9 Å². The van der Waals surface area contributed by atoms with Crippen LogP contribution in [0.5, 0.6) is 0 Å². The van der Waals surface area contributed by atoms with Gasteiger partial charge in [0.15, 0.2) is 0 Å². The molecule has 0 saturated heterocycles. The van der Waals surface area contributed by atoms with Crippen LogP contribution in [0.3, 0.4) is 0 Å². The zero-order valence-electron chi connectivity index (χ0n) is 12.8. The van der Waals surface area contributed by atoms with E-state index in [4.69, 9.17) is 4.74 Å². The molecular formula is C16H16N2O4S2. The molecule has 1 N–H and O–H groups in total. The average molecular weight is 364 g/mol. The number of hydrogen-bond acceptors (Lipinski definition) is 6. The summed E-state index contributed by atoms with van der Waals surface area (Å²) in [4.78, 5) is 12.8. The summed E-state index contributed by atoms with van der Waals surface area (Å²) >= 11 is 1.52. The van der Waals surface area contributed by atoms with E-state index >= 15 is 0 Å². The van der Waals surface area contributed by atoms with Crippen molar-refractivity contribution >= 4 is 33.2 Å². The Kier molecular flexibility index (Phi) is 4.96. The highest BCUT2D eigenvalue weighted by Crippen LogP contribution is 2.24. The molecule has 0 atom stereocenters. The zero-order chi connectivity index (χ0) is 17.0. The second kappa shape index (κ2) is 7.14. The molecule has 0 aliphatic carbocycles. The molecule has 1 aromatic carbocycles. The summed E-state index contributed by atoms with van der Waals surface area (Å²) < 4.78 is 32.7. The van der Waals surface area contributed by atoms with Gasteiger partial charge in [0, 0.05) is 17.0 Å². The number of esters is 1. The van der Waals surface area contributed by atoms with E-state index in [1.807, 2.05) is 17.5 Å². The van der Waals surface area contributed by atoms with Gasteiger partial charge in [0.2, 0.25) is 0 Å². The van der Waals surface area contributed by atoms with Crippen molar-refractivity contribution in [3.63, 3.8) is 0 Å². The van der Waals surface area contributed by atoms with Crippen LogP contribution in [0.25, 0.3) is 0 Å². The minimum Gasteiger partial charge on any atom is -0.465 e. The lowest BCUT2D eigenvalue weighted by Gasteiger charge is -2.07. The Morgan fingerprint density at radius 2 is 2.04 bits per heavy atom. The number of rotatable bonds is 6. The van der Waals surface area contributed by atoms with Gasteiger partial charge in [-0.15, -0.1) is 15.7 Å². The fourth-order valence-corrected chi connectivity index (χ4v) is 4.19. The number of amidine groups is 1. The van der Waals surface area contributed by atoms with Crippen molar-refractivity contribution in [2.45, 2.75) is 17.7 Å². The van der Waals surface area contributed by atoms with Gasteiger partial charge in [0.25, 0.3) is 10.0 Å². The minimum atomic E-state index is -3.60. The van der Waals surface area contributed by atoms with E-state index in [0.717, 1.165) is 4.88 Å². The number of fused-ring (bicyclic) bond motifs is 1. The van der Waals surface area contributed by atoms with Crippen LogP contribution in [0.2, 0.25) is 0 Å². The number of carbonyl (C=O) groups excluding carboxylic acids is 1. The van der Waals surface area contributed by atoms with Crippen molar-refractivity contribution in [2.75, 3.05) is 13.2 Å². The Hall–Kier alpha value is -2.19. The third-order valence-corrected chi connectivity index (χ3v) is 5.62. The molecule has 6 nitrogen and oxygen atoms in total. The lowest BCUT2D eigenvalue weighted by atomic mass is 10.2. The molecule has 0 radical (unpaired) electrons. The van der Waals surface area contributed by atoms with Crippen molar-refractivity contribution < 1.29 is 17.9 Å². The van der Waals surface area contributed by atoms with Crippen LogP contribution in [0.4, 0.5) is 0 Å². The zero-order valence-corrected chi connectivity index (χ0v) is 14.4. The average Bonchev–Trinajstić information content (AvgIpc) is 3.14. The highest BCUT2D eigenvalue weighted by Gasteiger charge is 2.27. The van der Waals surface area contributed by atoms with Crippen molar-refractivity contribution in [1.82, 2.24) is 5.32 Å². The molecule has 1 aromatic heterocycles. The van der Waals surface area contributed by atoms with E-state index in [1.54, 1.807) is 18.2 Å². The summed E-state index contributed by atoms with van der Waals surface area (Å²) in [6, 6.07) is 10.5. The Morgan fingerprint density at radius 1 is 1.21 bits per heavy atom. The van der Waals surface area contributed by atoms with Gasteiger partial charge in [0.05, 0.1) is 13.0 Å². The number of hydrogen-bond donors (Lipinski definition) is 1. The highest BCUT2D eigenvalue weighted by molar-refractivity contribution is 7.90. The minimum absolute atomic E-state index is 0.217. The molecule has 0 amide bonds. The third kappa shape index (κ3) is 3.82. The number of benzene rings is 1. The number of nitrogens with one attached hydrogen (secondary N) is 1. The molecule has 1 aliphatic rings. The van der Waals surface area contributed by atoms with Gasteiger partial charge in [0.1, 0.15) is 10.7 Å². The molecule has 0 saturated carbocycles. The maximum absolute atomic E-state index is 11.9. The number of thiophene rings is 1. The van der Waals surface area contributed by atoms with E-state index in [2.05, 4.69) is 9.71 Å². The lowest BCUT2D eigenvalue weighted by Crippen LogP contribution is -2.25. The Balaban J connectivity index is 1.44. The van der Waals surface area contributed by atoms with E-state index in [9.17, 15) is 13.2 Å². The van der Waals surface area contributed by atoms with E-state index in [-0.39, 0.29) is 23.9 Å². The van der Waals surface area contributed by atoms with Crippen molar-refractivity contribution in [2.24, 2.45) is 4.40 Å². The topological polar surface area (TPSA) is 84.8 Å². The molecule has 3 rings (SSSR count). The fraction of sp³-hybridized carbons (Fsp3) is 0.250. The SMILES string of the molecule is O=C(Cc1cccs1)OCCCNC1=NS(=O)(=O)c2ccccc21. The number of carbonyl (C=O) groups is 1. The molecule has 2 aromatic rings. The van der Waals surface area contributed by atoms with Crippen molar-refractivity contribution in [1.29, 1.82) is 0 Å². The first-order valence-corrected chi connectivity index (χ1v) is 9.74. The van der Waals surface area contributed by atoms with Crippen LogP contribution in [0, 0.1) is 0 Å². The molecule has 2 heterocycles. The number of sulfonamides is 1. The Labute approximate surface area is 144 Å². The molecule has 0 spiro atoms. The molecule has 1 aliphatic heterocycles. The summed E-state index contributed by atoms with van der Waals surface area (Å²) in [7, 11) is -3.60. The third-order valence-electron chi connectivity index (χ3n) is 3.41. The molecule has 126 valence electrons. The Bertz CT molecular complexity index is 858. The molecular weight excluding hydrogens is 348 g/mol. The second-order valence-electron chi connectivity index (χ2n) is 5.17. The standard InChI is InChI=1S/C16H16N2O4S2/c19-15(11-12-5-3-10-23-12)22-9-4-8-17-16-13-6-1-2-7-14(13)24(20,21)18-16/h1-3,5-7,10H,4,8-9,11H2,(H,17,18). The number of ether oxygens (including phenoxy) is 1. The summed E-state index contributed by atoms with van der Waals surface area (Å²) in [6.45, 7) is 0.744. The maximum atomic E-state index is 11.9. The quantitative estimate of drug-likeness (QED) is 0.626. The molecule has 0 bridgehead atoms. The molecule has 0 unspecified atom stereocenters. The van der Waals surface area contributed by atoms with Gasteiger partial charge in [-0.05, 0) is 30.0 Å². The predicted octanol–water partition coefficient (Wildman–Crippen LogP) is 1.96. The van der Waals surface area contributed by atoms with E-state index in [1.165, 1.54) is 17.4 Å². The van der Waals surface area contributed by atoms with Gasteiger partial charge in [-0.2, -0.15) is 8.42 Å². The largest absolute Gasteiger partial charge is 0.465 e. The molecule has 24 heavy (non-hydrogen) atoms. The lowest BCUT2D eigenvalue weighted by molar-refractivity contribution is -0.142. The van der Waals surface area contributed by atoms with Crippen molar-refractivity contribution in [3.8, 4) is 0 Å². The highest BCUT2D eigenvalue weighted by atomic mass is 32.2. The Morgan fingerprint density at radius 3 is 2.83 bits per heavy atom. The number of nitrogens with zero attached hydrogens (tertiary/aromatic N) is 1. The predicted molar refractivity (Wildman–Crippen MR) is 91.8 cm³/mol. The van der Waals surface area contributed by atoms with Gasteiger partial charge in [-0.1, -0.05) is 18.2 Å². The van der Waals surface area contributed by atoms with Gasteiger partial charge >= 0.3 is 5.97 Å². The first-order chi connectivity index (χ1) is 11.6. The van der Waals surface area contributed by atoms with Crippen molar-refractivity contribution in [3.05, 3.63) is 52.2 Å². The normalized spacial score (nSPS) is 14.8. The fourth-order valence-electron chi connectivity index (χ4n) is 2.30. The van der Waals surface area contributed by atoms with Crippen LogP contribution in [-0.2, 0) is 26.0 Å². The first kappa shape index (κ1) is 16.7. The van der Waals surface area contributed by atoms with Gasteiger partial charge in [-0.3, -0.25) is 4.79 Å². The monoisotopic (exact) mass is 364 g/mol. The summed E-state index contributed by atoms with van der Waals surface area (Å²) in [6.07, 6.45) is 0.848.